The Kier molecular flexibility index (Phi) is 7.68. The number of methoxy groups -OCH3 is 3. The molecule has 0 aliphatic carbocycles. The van der Waals surface area contributed by atoms with Gasteiger partial charge in [-0.3, -0.25) is 19.7 Å². The highest BCUT2D eigenvalue weighted by Gasteiger charge is 2.12. The first-order valence-corrected chi connectivity index (χ1v) is 8.54. The first kappa shape index (κ1) is 22.1. The number of ether oxygens (including phenoxy) is 3. The minimum atomic E-state index is -0.593. The Morgan fingerprint density at radius 1 is 1.03 bits per heavy atom. The summed E-state index contributed by atoms with van der Waals surface area (Å²) >= 11 is 0. The third-order valence-corrected chi connectivity index (χ3v) is 3.87. The van der Waals surface area contributed by atoms with Gasteiger partial charge in [0.05, 0.1) is 39.0 Å². The first-order chi connectivity index (χ1) is 14.4. The van der Waals surface area contributed by atoms with E-state index in [-0.39, 0.29) is 17.8 Å². The molecule has 2 aromatic rings. The second kappa shape index (κ2) is 10.4. The normalized spacial score (nSPS) is 10.4. The zero-order valence-electron chi connectivity index (χ0n) is 16.5. The van der Waals surface area contributed by atoms with Gasteiger partial charge in [-0.15, -0.1) is 0 Å². The molecule has 0 saturated carbocycles. The summed E-state index contributed by atoms with van der Waals surface area (Å²) in [6.45, 7) is -0.337. The van der Waals surface area contributed by atoms with Crippen molar-refractivity contribution in [2.75, 3.05) is 27.9 Å². The van der Waals surface area contributed by atoms with Gasteiger partial charge in [0, 0.05) is 23.3 Å². The lowest BCUT2D eigenvalue weighted by atomic mass is 10.2. The first-order valence-electron chi connectivity index (χ1n) is 8.54. The quantitative estimate of drug-likeness (QED) is 0.358. The van der Waals surface area contributed by atoms with Gasteiger partial charge < -0.3 is 19.5 Å². The maximum absolute atomic E-state index is 12.2. The molecule has 0 heterocycles. The van der Waals surface area contributed by atoms with Crippen LogP contribution in [0.25, 0.3) is 0 Å². The maximum atomic E-state index is 12.2. The van der Waals surface area contributed by atoms with Crippen LogP contribution in [0.5, 0.6) is 17.2 Å². The molecule has 11 nitrogen and oxygen atoms in total. The zero-order valence-corrected chi connectivity index (χ0v) is 16.5. The van der Waals surface area contributed by atoms with Crippen molar-refractivity contribution in [1.29, 1.82) is 0 Å². The molecular weight excluding hydrogens is 396 g/mol. The number of hydrogen-bond acceptors (Lipinski definition) is 8. The molecule has 0 radical (unpaired) electrons. The number of nitro groups is 1. The average molecular weight is 416 g/mol. The summed E-state index contributed by atoms with van der Waals surface area (Å²) in [5.41, 5.74) is 2.67. The number of nitrogens with one attached hydrogen (secondary N) is 2. The van der Waals surface area contributed by atoms with Crippen molar-refractivity contribution in [3.8, 4) is 17.2 Å². The molecule has 0 aliphatic heterocycles. The van der Waals surface area contributed by atoms with Crippen LogP contribution in [0.2, 0.25) is 0 Å². The van der Waals surface area contributed by atoms with Gasteiger partial charge in [0.1, 0.15) is 5.75 Å². The molecule has 2 rings (SSSR count). The van der Waals surface area contributed by atoms with E-state index in [1.165, 1.54) is 57.9 Å². The maximum Gasteiger partial charge on any atom is 0.270 e. The molecule has 0 unspecified atom stereocenters. The van der Waals surface area contributed by atoms with E-state index in [4.69, 9.17) is 14.2 Å². The SMILES string of the molecule is COc1ccc([N+](=O)[O-])cc1/C=N\NC(=O)CNC(=O)c1ccc(OC)c(OC)c1. The van der Waals surface area contributed by atoms with Crippen molar-refractivity contribution in [2.45, 2.75) is 0 Å². The smallest absolute Gasteiger partial charge is 0.270 e. The Balaban J connectivity index is 1.94. The second-order valence-corrected chi connectivity index (χ2v) is 5.73. The number of amides is 2. The number of hydrogen-bond donors (Lipinski definition) is 2. The number of hydrazone groups is 1. The van der Waals surface area contributed by atoms with Gasteiger partial charge in [0.15, 0.2) is 11.5 Å². The molecule has 2 amide bonds. The predicted molar refractivity (Wildman–Crippen MR) is 107 cm³/mol. The van der Waals surface area contributed by atoms with E-state index in [0.717, 1.165) is 0 Å². The van der Waals surface area contributed by atoms with Gasteiger partial charge in [0.2, 0.25) is 0 Å². The van der Waals surface area contributed by atoms with Crippen LogP contribution in [0.3, 0.4) is 0 Å². The Hall–Kier alpha value is -4.15. The fourth-order valence-electron chi connectivity index (χ4n) is 2.39. The molecule has 2 aromatic carbocycles. The Morgan fingerprint density at radius 2 is 1.70 bits per heavy atom. The molecule has 0 aromatic heterocycles. The standard InChI is InChI=1S/C19H20N4O7/c1-28-15-7-5-14(23(26)27)8-13(15)10-21-22-18(24)11-20-19(25)12-4-6-16(29-2)17(9-12)30-3/h4-10H,11H2,1-3H3,(H,20,25)(H,22,24)/b21-10-. The van der Waals surface area contributed by atoms with Crippen molar-refractivity contribution < 1.29 is 28.7 Å². The minimum absolute atomic E-state index is 0.147. The van der Waals surface area contributed by atoms with Gasteiger partial charge >= 0.3 is 0 Å². The molecule has 0 bridgehead atoms. The molecular formula is C19H20N4O7. The molecule has 158 valence electrons. The summed E-state index contributed by atoms with van der Waals surface area (Å²) in [5, 5.41) is 17.1. The van der Waals surface area contributed by atoms with E-state index in [2.05, 4.69) is 15.8 Å². The molecule has 0 fully saturated rings. The molecule has 0 atom stereocenters. The number of benzene rings is 2. The Bertz CT molecular complexity index is 975. The van der Waals surface area contributed by atoms with Gasteiger partial charge in [-0.1, -0.05) is 0 Å². The van der Waals surface area contributed by atoms with Crippen LogP contribution in [-0.2, 0) is 4.79 Å². The lowest BCUT2D eigenvalue weighted by Gasteiger charge is -2.09. The summed E-state index contributed by atoms with van der Waals surface area (Å²) in [5.74, 6) is 0.114. The average Bonchev–Trinajstić information content (AvgIpc) is 2.76. The number of rotatable bonds is 9. The van der Waals surface area contributed by atoms with E-state index >= 15 is 0 Å². The molecule has 30 heavy (non-hydrogen) atoms. The lowest BCUT2D eigenvalue weighted by molar-refractivity contribution is -0.384. The van der Waals surface area contributed by atoms with Crippen LogP contribution in [0, 0.1) is 10.1 Å². The predicted octanol–water partition coefficient (Wildman–Crippen LogP) is 1.50. The van der Waals surface area contributed by atoms with E-state index < -0.39 is 16.7 Å². The number of nitro benzene ring substituents is 1. The van der Waals surface area contributed by atoms with Crippen molar-refractivity contribution in [3.05, 3.63) is 57.6 Å². The number of non-ortho nitro benzene ring substituents is 1. The third-order valence-electron chi connectivity index (χ3n) is 3.87. The second-order valence-electron chi connectivity index (χ2n) is 5.73. The van der Waals surface area contributed by atoms with Gasteiger partial charge in [-0.05, 0) is 24.3 Å². The lowest BCUT2D eigenvalue weighted by Crippen LogP contribution is -2.34. The van der Waals surface area contributed by atoms with Crippen LogP contribution in [0.15, 0.2) is 41.5 Å². The van der Waals surface area contributed by atoms with Crippen molar-refractivity contribution >= 4 is 23.7 Å². The minimum Gasteiger partial charge on any atom is -0.496 e. The molecule has 0 saturated heterocycles. The van der Waals surface area contributed by atoms with E-state index in [1.807, 2.05) is 0 Å². The van der Waals surface area contributed by atoms with Gasteiger partial charge in [-0.2, -0.15) is 5.10 Å². The molecule has 0 spiro atoms. The largest absolute Gasteiger partial charge is 0.496 e. The summed E-state index contributed by atoms with van der Waals surface area (Å²) < 4.78 is 15.3. The number of nitrogens with zero attached hydrogens (tertiary/aromatic N) is 2. The van der Waals surface area contributed by atoms with Gasteiger partial charge in [0.25, 0.3) is 17.5 Å². The summed E-state index contributed by atoms with van der Waals surface area (Å²) in [6, 6.07) is 8.56. The summed E-state index contributed by atoms with van der Waals surface area (Å²) in [4.78, 5) is 34.4. The Labute approximate surface area is 171 Å². The topological polar surface area (TPSA) is 141 Å². The van der Waals surface area contributed by atoms with Crippen LogP contribution >= 0.6 is 0 Å². The number of carbonyl (C=O) groups is 2. The highest BCUT2D eigenvalue weighted by molar-refractivity contribution is 5.97. The van der Waals surface area contributed by atoms with Crippen molar-refractivity contribution in [2.24, 2.45) is 5.10 Å². The van der Waals surface area contributed by atoms with Crippen LogP contribution in [0.1, 0.15) is 15.9 Å². The molecule has 0 aliphatic rings. The van der Waals surface area contributed by atoms with E-state index in [0.29, 0.717) is 22.8 Å². The van der Waals surface area contributed by atoms with Crippen LogP contribution in [0.4, 0.5) is 5.69 Å². The fraction of sp³-hybridized carbons (Fsp3) is 0.211. The molecule has 11 heteroatoms. The van der Waals surface area contributed by atoms with Crippen LogP contribution in [-0.4, -0.2) is 50.8 Å². The van der Waals surface area contributed by atoms with Crippen molar-refractivity contribution in [1.82, 2.24) is 10.7 Å². The van der Waals surface area contributed by atoms with E-state index in [1.54, 1.807) is 6.07 Å². The monoisotopic (exact) mass is 416 g/mol. The summed E-state index contributed by atoms with van der Waals surface area (Å²) in [7, 11) is 4.33. The fourth-order valence-corrected chi connectivity index (χ4v) is 2.39. The van der Waals surface area contributed by atoms with Crippen LogP contribution < -0.4 is 25.0 Å². The molecule has 2 N–H and O–H groups in total. The zero-order chi connectivity index (χ0) is 22.1. The third kappa shape index (κ3) is 5.67. The number of carbonyl (C=O) groups excluding carboxylic acids is 2. The highest BCUT2D eigenvalue weighted by Crippen LogP contribution is 2.27. The summed E-state index contributed by atoms with van der Waals surface area (Å²) in [6.07, 6.45) is 1.21. The van der Waals surface area contributed by atoms with Gasteiger partial charge in [-0.25, -0.2) is 5.43 Å². The Morgan fingerprint density at radius 3 is 2.33 bits per heavy atom. The highest BCUT2D eigenvalue weighted by atomic mass is 16.6. The van der Waals surface area contributed by atoms with Crippen molar-refractivity contribution in [3.63, 3.8) is 0 Å². The van der Waals surface area contributed by atoms with E-state index in [9.17, 15) is 19.7 Å².